The van der Waals surface area contributed by atoms with Crippen LogP contribution in [0, 0.1) is 0 Å². The van der Waals surface area contributed by atoms with Gasteiger partial charge in [0.25, 0.3) is 5.91 Å². The molecule has 118 valence electrons. The number of likely N-dealkylation sites (N-methyl/N-ethyl adjacent to an activating group) is 1. The molecule has 0 radical (unpaired) electrons. The lowest BCUT2D eigenvalue weighted by molar-refractivity contribution is 0.0927. The number of para-hydroxylation sites is 1. The van der Waals surface area contributed by atoms with Crippen LogP contribution >= 0.6 is 0 Å². The molecule has 1 saturated heterocycles. The normalized spacial score (nSPS) is 20.0. The van der Waals surface area contributed by atoms with Gasteiger partial charge >= 0.3 is 0 Å². The summed E-state index contributed by atoms with van der Waals surface area (Å²) in [5, 5.41) is 11.9. The molecule has 1 aromatic heterocycles. The zero-order valence-corrected chi connectivity index (χ0v) is 13.2. The number of hydrogen-bond donors (Lipinski definition) is 2. The lowest BCUT2D eigenvalue weighted by atomic mass is 10.2. The van der Waals surface area contributed by atoms with E-state index in [2.05, 4.69) is 27.7 Å². The van der Waals surface area contributed by atoms with E-state index in [9.17, 15) is 4.79 Å². The number of nitrogens with zero attached hydrogens (tertiary/aromatic N) is 3. The number of amides is 1. The van der Waals surface area contributed by atoms with Gasteiger partial charge in [0, 0.05) is 38.1 Å². The van der Waals surface area contributed by atoms with Gasteiger partial charge in [-0.2, -0.15) is 5.10 Å². The summed E-state index contributed by atoms with van der Waals surface area (Å²) in [5.41, 5.74) is 1.52. The average Bonchev–Trinajstić information content (AvgIpc) is 2.78. The summed E-state index contributed by atoms with van der Waals surface area (Å²) in [6.45, 7) is 6.39. The summed E-state index contributed by atoms with van der Waals surface area (Å²) in [5.74, 6) is -0.0921. The third kappa shape index (κ3) is 2.98. The number of fused-ring (bicyclic) bond motifs is 1. The van der Waals surface area contributed by atoms with Gasteiger partial charge in [-0.1, -0.05) is 18.2 Å². The molecule has 0 bridgehead atoms. The fourth-order valence-corrected chi connectivity index (χ4v) is 2.96. The second kappa shape index (κ2) is 6.46. The van der Waals surface area contributed by atoms with Crippen molar-refractivity contribution >= 4 is 16.8 Å². The maximum absolute atomic E-state index is 12.6. The molecular weight excluding hydrogens is 278 g/mol. The largest absolute Gasteiger partial charge is 0.345 e. The van der Waals surface area contributed by atoms with Crippen molar-refractivity contribution in [3.8, 4) is 0 Å². The van der Waals surface area contributed by atoms with Gasteiger partial charge in [-0.3, -0.25) is 9.48 Å². The Labute approximate surface area is 130 Å². The van der Waals surface area contributed by atoms with E-state index in [1.54, 1.807) is 0 Å². The van der Waals surface area contributed by atoms with Crippen LogP contribution in [0.15, 0.2) is 24.3 Å². The summed E-state index contributed by atoms with van der Waals surface area (Å²) in [4.78, 5) is 14.9. The van der Waals surface area contributed by atoms with Crippen molar-refractivity contribution in [2.45, 2.75) is 19.5 Å². The fourth-order valence-electron chi connectivity index (χ4n) is 2.96. The molecule has 1 amide bonds. The first kappa shape index (κ1) is 15.0. The lowest BCUT2D eigenvalue weighted by Crippen LogP contribution is -2.45. The van der Waals surface area contributed by atoms with E-state index in [1.165, 1.54) is 0 Å². The summed E-state index contributed by atoms with van der Waals surface area (Å²) in [7, 11) is 2.08. The summed E-state index contributed by atoms with van der Waals surface area (Å²) in [6.07, 6.45) is 0. The third-order valence-corrected chi connectivity index (χ3v) is 4.10. The second-order valence-corrected chi connectivity index (χ2v) is 5.82. The maximum Gasteiger partial charge on any atom is 0.272 e. The number of benzene rings is 1. The lowest BCUT2D eigenvalue weighted by Gasteiger charge is -2.20. The molecular formula is C16H23N5O. The van der Waals surface area contributed by atoms with Gasteiger partial charge in [-0.15, -0.1) is 0 Å². The molecule has 1 fully saturated rings. The van der Waals surface area contributed by atoms with Gasteiger partial charge in [0.1, 0.15) is 0 Å². The monoisotopic (exact) mass is 301 g/mol. The third-order valence-electron chi connectivity index (χ3n) is 4.10. The van der Waals surface area contributed by atoms with E-state index in [0.29, 0.717) is 5.69 Å². The molecule has 6 nitrogen and oxygen atoms in total. The average molecular weight is 301 g/mol. The Balaban J connectivity index is 1.83. The molecule has 2 aromatic rings. The quantitative estimate of drug-likeness (QED) is 0.875. The number of carbonyl (C=O) groups is 1. The van der Waals surface area contributed by atoms with Crippen molar-refractivity contribution in [3.05, 3.63) is 30.0 Å². The van der Waals surface area contributed by atoms with E-state index in [1.807, 2.05) is 35.9 Å². The zero-order chi connectivity index (χ0) is 15.5. The first-order valence-electron chi connectivity index (χ1n) is 7.84. The Morgan fingerprint density at radius 1 is 1.45 bits per heavy atom. The summed E-state index contributed by atoms with van der Waals surface area (Å²) < 4.78 is 1.88. The van der Waals surface area contributed by atoms with Gasteiger partial charge < -0.3 is 15.5 Å². The Bertz CT molecular complexity index is 666. The van der Waals surface area contributed by atoms with Crippen molar-refractivity contribution in [1.29, 1.82) is 0 Å². The highest BCUT2D eigenvalue weighted by atomic mass is 16.2. The van der Waals surface area contributed by atoms with E-state index < -0.39 is 0 Å². The minimum atomic E-state index is -0.0921. The van der Waals surface area contributed by atoms with Crippen LogP contribution in [-0.4, -0.2) is 59.9 Å². The van der Waals surface area contributed by atoms with E-state index >= 15 is 0 Å². The van der Waals surface area contributed by atoms with E-state index in [0.717, 1.165) is 43.6 Å². The van der Waals surface area contributed by atoms with Crippen LogP contribution in [0.25, 0.3) is 10.9 Å². The number of aryl methyl sites for hydroxylation is 1. The number of carbonyl (C=O) groups excluding carboxylic acids is 1. The molecule has 2 N–H and O–H groups in total. The standard InChI is InChI=1S/C16H23N5O/c1-3-21-14-7-5-4-6-13(14)15(19-21)16(22)18-12-10-17-8-9-20(2)11-12/h4-7,12,17H,3,8-11H2,1-2H3,(H,18,22). The molecule has 1 aliphatic rings. The Morgan fingerprint density at radius 2 is 2.27 bits per heavy atom. The molecule has 6 heteroatoms. The van der Waals surface area contributed by atoms with Crippen LogP contribution in [0.5, 0.6) is 0 Å². The summed E-state index contributed by atoms with van der Waals surface area (Å²) >= 11 is 0. The van der Waals surface area contributed by atoms with Crippen molar-refractivity contribution in [3.63, 3.8) is 0 Å². The molecule has 1 atom stereocenters. The molecule has 0 spiro atoms. The number of aromatic nitrogens is 2. The smallest absolute Gasteiger partial charge is 0.272 e. The highest BCUT2D eigenvalue weighted by Crippen LogP contribution is 2.18. The van der Waals surface area contributed by atoms with Crippen LogP contribution in [0.3, 0.4) is 0 Å². The number of rotatable bonds is 3. The zero-order valence-electron chi connectivity index (χ0n) is 13.2. The second-order valence-electron chi connectivity index (χ2n) is 5.82. The molecule has 1 aliphatic heterocycles. The fraction of sp³-hybridized carbons (Fsp3) is 0.500. The van der Waals surface area contributed by atoms with Crippen molar-refractivity contribution < 1.29 is 4.79 Å². The summed E-state index contributed by atoms with van der Waals surface area (Å²) in [6, 6.07) is 7.99. The SMILES string of the molecule is CCn1nc(C(=O)NC2CNCCN(C)C2)c2ccccc21. The van der Waals surface area contributed by atoms with Crippen LogP contribution in [0.1, 0.15) is 17.4 Å². The van der Waals surface area contributed by atoms with Crippen LogP contribution < -0.4 is 10.6 Å². The predicted molar refractivity (Wildman–Crippen MR) is 87.0 cm³/mol. The Morgan fingerprint density at radius 3 is 3.09 bits per heavy atom. The maximum atomic E-state index is 12.6. The first-order chi connectivity index (χ1) is 10.7. The minimum absolute atomic E-state index is 0.0921. The van der Waals surface area contributed by atoms with Crippen LogP contribution in [-0.2, 0) is 6.54 Å². The first-order valence-corrected chi connectivity index (χ1v) is 7.84. The highest BCUT2D eigenvalue weighted by molar-refractivity contribution is 6.05. The van der Waals surface area contributed by atoms with Gasteiger partial charge in [-0.25, -0.2) is 0 Å². The van der Waals surface area contributed by atoms with Gasteiger partial charge in [-0.05, 0) is 20.0 Å². The van der Waals surface area contributed by atoms with Crippen molar-refractivity contribution in [2.75, 3.05) is 33.2 Å². The molecule has 2 heterocycles. The van der Waals surface area contributed by atoms with Gasteiger partial charge in [0.15, 0.2) is 5.69 Å². The molecule has 22 heavy (non-hydrogen) atoms. The molecule has 0 saturated carbocycles. The van der Waals surface area contributed by atoms with Crippen LogP contribution in [0.2, 0.25) is 0 Å². The Kier molecular flexibility index (Phi) is 4.40. The number of nitrogens with one attached hydrogen (secondary N) is 2. The molecule has 0 aliphatic carbocycles. The molecule has 1 unspecified atom stereocenters. The van der Waals surface area contributed by atoms with Gasteiger partial charge in [0.2, 0.25) is 0 Å². The Hall–Kier alpha value is -1.92. The van der Waals surface area contributed by atoms with Crippen molar-refractivity contribution in [1.82, 2.24) is 25.3 Å². The van der Waals surface area contributed by atoms with Crippen LogP contribution in [0.4, 0.5) is 0 Å². The predicted octanol–water partition coefficient (Wildman–Crippen LogP) is 0.690. The number of hydrogen-bond acceptors (Lipinski definition) is 4. The molecule has 3 rings (SSSR count). The topological polar surface area (TPSA) is 62.2 Å². The van der Waals surface area contributed by atoms with Gasteiger partial charge in [0.05, 0.1) is 11.6 Å². The van der Waals surface area contributed by atoms with Crippen molar-refractivity contribution in [2.24, 2.45) is 0 Å². The van der Waals surface area contributed by atoms with E-state index in [-0.39, 0.29) is 11.9 Å². The molecule has 1 aromatic carbocycles. The highest BCUT2D eigenvalue weighted by Gasteiger charge is 2.21. The van der Waals surface area contributed by atoms with E-state index in [4.69, 9.17) is 0 Å². The minimum Gasteiger partial charge on any atom is -0.345 e.